The second-order valence-electron chi connectivity index (χ2n) is 7.36. The molecule has 4 N–H and O–H groups in total. The molecule has 3 aromatic rings. The van der Waals surface area contributed by atoms with E-state index in [1.54, 1.807) is 37.4 Å². The van der Waals surface area contributed by atoms with Crippen LogP contribution in [0.15, 0.2) is 66.5 Å². The molecule has 1 heterocycles. The van der Waals surface area contributed by atoms with Gasteiger partial charge in [0.05, 0.1) is 12.0 Å². The second kappa shape index (κ2) is 14.6. The monoisotopic (exact) mass is 514 g/mol. The summed E-state index contributed by atoms with van der Waals surface area (Å²) in [7, 11) is 1.57. The zero-order valence-electron chi connectivity index (χ0n) is 20.9. The van der Waals surface area contributed by atoms with Gasteiger partial charge < -0.3 is 21.1 Å². The number of thiazole rings is 1. The van der Waals surface area contributed by atoms with E-state index in [0.717, 1.165) is 16.1 Å². The lowest BCUT2D eigenvalue weighted by atomic mass is 10.1. The number of hydrogen-bond acceptors (Lipinski definition) is 6. The van der Waals surface area contributed by atoms with Crippen LogP contribution in [-0.2, 0) is 6.42 Å². The van der Waals surface area contributed by atoms with Crippen molar-refractivity contribution in [3.63, 3.8) is 0 Å². The number of aryl methyl sites for hydroxylation is 2. The third kappa shape index (κ3) is 8.49. The number of anilines is 4. The van der Waals surface area contributed by atoms with Gasteiger partial charge in [-0.15, -0.1) is 0 Å². The summed E-state index contributed by atoms with van der Waals surface area (Å²) < 4.78 is 31.0. The Morgan fingerprint density at radius 1 is 1.19 bits per heavy atom. The fourth-order valence-corrected chi connectivity index (χ4v) is 3.92. The molecular formula is C27H32F2N4O2S. The Hall–Kier alpha value is -3.72. The van der Waals surface area contributed by atoms with Crippen LogP contribution >= 0.6 is 11.3 Å². The van der Waals surface area contributed by atoms with Gasteiger partial charge in [-0.2, -0.15) is 0 Å². The maximum absolute atomic E-state index is 13.8. The highest BCUT2D eigenvalue weighted by atomic mass is 32.1. The number of nitrogen functional groups attached to an aromatic ring is 1. The molecule has 9 heteroatoms. The van der Waals surface area contributed by atoms with E-state index >= 15 is 0 Å². The van der Waals surface area contributed by atoms with Crippen molar-refractivity contribution in [3.8, 4) is 5.75 Å². The van der Waals surface area contributed by atoms with Crippen molar-refractivity contribution in [2.24, 2.45) is 0 Å². The maximum atomic E-state index is 13.8. The average molecular weight is 515 g/mol. The van der Waals surface area contributed by atoms with Gasteiger partial charge in [-0.3, -0.25) is 4.79 Å². The molecule has 0 unspecified atom stereocenters. The van der Waals surface area contributed by atoms with Crippen LogP contribution in [0.2, 0.25) is 0 Å². The van der Waals surface area contributed by atoms with Crippen LogP contribution < -0.4 is 21.1 Å². The fourth-order valence-electron chi connectivity index (χ4n) is 3.02. The van der Waals surface area contributed by atoms with Gasteiger partial charge in [0.1, 0.15) is 24.1 Å². The highest BCUT2D eigenvalue weighted by molar-refractivity contribution is 7.16. The first kappa shape index (κ1) is 28.5. The number of rotatable bonds is 10. The Morgan fingerprint density at radius 3 is 2.58 bits per heavy atom. The van der Waals surface area contributed by atoms with E-state index in [4.69, 9.17) is 10.5 Å². The van der Waals surface area contributed by atoms with Crippen LogP contribution in [0.3, 0.4) is 0 Å². The van der Waals surface area contributed by atoms with Gasteiger partial charge in [0, 0.05) is 29.4 Å². The van der Waals surface area contributed by atoms with Crippen LogP contribution in [0, 0.1) is 6.92 Å². The summed E-state index contributed by atoms with van der Waals surface area (Å²) in [5, 5.41) is 6.62. The zero-order valence-corrected chi connectivity index (χ0v) is 21.7. The van der Waals surface area contributed by atoms with Crippen molar-refractivity contribution >= 4 is 39.6 Å². The Bertz CT molecular complexity index is 1190. The Labute approximate surface area is 214 Å². The van der Waals surface area contributed by atoms with E-state index in [1.807, 2.05) is 32.9 Å². The molecule has 0 radical (unpaired) electrons. The number of methoxy groups -OCH3 is 1. The number of aromatic nitrogens is 1. The van der Waals surface area contributed by atoms with E-state index in [-0.39, 0.29) is 18.2 Å². The number of alkyl halides is 1. The smallest absolute Gasteiger partial charge is 0.255 e. The Balaban J connectivity index is 0.00000222. The minimum Gasteiger partial charge on any atom is -0.497 e. The van der Waals surface area contributed by atoms with Crippen molar-refractivity contribution in [1.29, 1.82) is 0 Å². The maximum Gasteiger partial charge on any atom is 0.255 e. The third-order valence-corrected chi connectivity index (χ3v) is 5.96. The van der Waals surface area contributed by atoms with Crippen LogP contribution in [0.25, 0.3) is 0 Å². The number of benzene rings is 2. The number of nitrogens with zero attached hydrogens (tertiary/aromatic N) is 1. The number of allylic oxidation sites excluding steroid dienone is 4. The van der Waals surface area contributed by atoms with Crippen LogP contribution in [-0.4, -0.2) is 24.7 Å². The number of carbonyl (C=O) groups excluding carboxylic acids is 1. The molecule has 36 heavy (non-hydrogen) atoms. The lowest BCUT2D eigenvalue weighted by molar-refractivity contribution is 0.102. The lowest BCUT2D eigenvalue weighted by Gasteiger charge is -2.10. The minimum atomic E-state index is -0.631. The topological polar surface area (TPSA) is 89.3 Å². The first-order chi connectivity index (χ1) is 17.4. The van der Waals surface area contributed by atoms with E-state index in [9.17, 15) is 13.6 Å². The van der Waals surface area contributed by atoms with E-state index in [2.05, 4.69) is 15.6 Å². The summed E-state index contributed by atoms with van der Waals surface area (Å²) in [5.41, 5.74) is 8.80. The molecule has 0 aliphatic heterocycles. The van der Waals surface area contributed by atoms with Gasteiger partial charge in [0.25, 0.3) is 5.91 Å². The molecule has 0 atom stereocenters. The molecule has 3 rings (SSSR count). The second-order valence-corrected chi connectivity index (χ2v) is 8.44. The molecule has 0 aliphatic carbocycles. The molecule has 1 amide bonds. The SMILES string of the molecule is CC.COc1ccc(C)c(NC(=O)c2ccc(Nc3nc(N)c(CC/C(F)=C\C=C/CF)s3)cc2)c1. The number of hydrogen-bond donors (Lipinski definition) is 3. The third-order valence-electron chi connectivity index (χ3n) is 4.91. The number of nitrogens with one attached hydrogen (secondary N) is 2. The Morgan fingerprint density at radius 2 is 1.92 bits per heavy atom. The minimum absolute atomic E-state index is 0.152. The molecule has 1 aromatic heterocycles. The summed E-state index contributed by atoms with van der Waals surface area (Å²) in [5.74, 6) is 0.407. The zero-order chi connectivity index (χ0) is 26.5. The summed E-state index contributed by atoms with van der Waals surface area (Å²) in [6.45, 7) is 5.28. The largest absolute Gasteiger partial charge is 0.497 e. The molecule has 192 valence electrons. The predicted octanol–water partition coefficient (Wildman–Crippen LogP) is 7.38. The molecule has 0 aliphatic rings. The fraction of sp³-hybridized carbons (Fsp3) is 0.259. The van der Waals surface area contributed by atoms with Gasteiger partial charge in [0.15, 0.2) is 5.13 Å². The average Bonchev–Trinajstić information content (AvgIpc) is 3.24. The molecule has 0 fully saturated rings. The van der Waals surface area contributed by atoms with Gasteiger partial charge >= 0.3 is 0 Å². The van der Waals surface area contributed by atoms with Crippen molar-refractivity contribution in [2.75, 3.05) is 30.2 Å². The Kier molecular flexibility index (Phi) is 11.6. The molecular weight excluding hydrogens is 482 g/mol. The summed E-state index contributed by atoms with van der Waals surface area (Å²) in [4.78, 5) is 17.7. The predicted molar refractivity (Wildman–Crippen MR) is 146 cm³/mol. The first-order valence-electron chi connectivity index (χ1n) is 11.5. The lowest BCUT2D eigenvalue weighted by Crippen LogP contribution is -2.12. The quantitative estimate of drug-likeness (QED) is 0.246. The molecule has 6 nitrogen and oxygen atoms in total. The molecule has 0 saturated carbocycles. The van der Waals surface area contributed by atoms with Crippen molar-refractivity contribution in [2.45, 2.75) is 33.6 Å². The van der Waals surface area contributed by atoms with Crippen molar-refractivity contribution in [1.82, 2.24) is 4.98 Å². The molecule has 0 saturated heterocycles. The number of halogens is 2. The summed E-state index contributed by atoms with van der Waals surface area (Å²) in [6, 6.07) is 12.4. The van der Waals surface area contributed by atoms with Gasteiger partial charge in [-0.25, -0.2) is 13.8 Å². The normalized spacial score (nSPS) is 11.1. The van der Waals surface area contributed by atoms with Crippen molar-refractivity contribution < 1.29 is 18.3 Å². The number of nitrogens with two attached hydrogens (primary N) is 1. The van der Waals surface area contributed by atoms with Crippen LogP contribution in [0.5, 0.6) is 5.75 Å². The number of carbonyl (C=O) groups is 1. The van der Waals surface area contributed by atoms with Crippen molar-refractivity contribution in [3.05, 3.63) is 82.5 Å². The van der Waals surface area contributed by atoms with E-state index < -0.39 is 6.67 Å². The van der Waals surface area contributed by atoms with E-state index in [0.29, 0.717) is 34.4 Å². The molecule has 0 spiro atoms. The van der Waals surface area contributed by atoms with Crippen LogP contribution in [0.1, 0.15) is 41.1 Å². The highest BCUT2D eigenvalue weighted by Gasteiger charge is 2.12. The first-order valence-corrected chi connectivity index (χ1v) is 12.4. The summed E-state index contributed by atoms with van der Waals surface area (Å²) in [6.07, 6.45) is 4.36. The van der Waals surface area contributed by atoms with Gasteiger partial charge in [0.2, 0.25) is 0 Å². The molecule has 2 aromatic carbocycles. The number of amides is 1. The van der Waals surface area contributed by atoms with Gasteiger partial charge in [-0.05, 0) is 55.3 Å². The van der Waals surface area contributed by atoms with Crippen LogP contribution in [0.4, 0.5) is 31.1 Å². The molecule has 0 bridgehead atoms. The standard InChI is InChI=1S/C25H26F2N4O2S.C2H6/c1-16-6-12-20(33-2)15-21(16)30-24(32)17-7-10-19(11-8-17)29-25-31-23(28)22(34-25)13-9-18(27)5-3-4-14-26;1-2/h3-8,10-12,15H,9,13-14,28H2,1-2H3,(H,29,31)(H,30,32);1-2H3/b4-3-,18-5+;. The van der Waals surface area contributed by atoms with E-state index in [1.165, 1.54) is 29.6 Å². The summed E-state index contributed by atoms with van der Waals surface area (Å²) >= 11 is 1.33. The number of ether oxygens (including phenoxy) is 1. The van der Waals surface area contributed by atoms with Gasteiger partial charge in [-0.1, -0.05) is 43.4 Å². The highest BCUT2D eigenvalue weighted by Crippen LogP contribution is 2.30.